The van der Waals surface area contributed by atoms with Crippen molar-refractivity contribution in [3.63, 3.8) is 0 Å². The molecule has 0 saturated carbocycles. The molecule has 3 heterocycles. The van der Waals surface area contributed by atoms with Crippen LogP contribution in [0.4, 0.5) is 0 Å². The topological polar surface area (TPSA) is 72.3 Å². The van der Waals surface area contributed by atoms with Gasteiger partial charge < -0.3 is 9.47 Å². The molecular formula is C23H23N3O3S. The second kappa shape index (κ2) is 8.28. The quantitative estimate of drug-likeness (QED) is 0.613. The number of hydrogen-bond donors (Lipinski definition) is 0. The average molecular weight is 422 g/mol. The fourth-order valence-corrected chi connectivity index (χ4v) is 4.85. The highest BCUT2D eigenvalue weighted by atomic mass is 32.2. The first-order valence-electron chi connectivity index (χ1n) is 9.73. The van der Waals surface area contributed by atoms with E-state index in [1.807, 2.05) is 66.3 Å². The number of nitrogens with zero attached hydrogens (tertiary/aromatic N) is 3. The lowest BCUT2D eigenvalue weighted by Crippen LogP contribution is -2.41. The lowest BCUT2D eigenvalue weighted by Gasteiger charge is -2.28. The summed E-state index contributed by atoms with van der Waals surface area (Å²) in [6.07, 6.45) is 9.19. The van der Waals surface area contributed by atoms with Crippen molar-refractivity contribution in [3.8, 4) is 5.69 Å². The predicted molar refractivity (Wildman–Crippen MR) is 116 cm³/mol. The summed E-state index contributed by atoms with van der Waals surface area (Å²) in [7, 11) is -3.26. The van der Waals surface area contributed by atoms with E-state index >= 15 is 0 Å². The number of amides is 1. The zero-order chi connectivity index (χ0) is 21.1. The van der Waals surface area contributed by atoms with E-state index < -0.39 is 15.9 Å². The smallest absolute Gasteiger partial charge is 0.227 e. The van der Waals surface area contributed by atoms with Gasteiger partial charge in [0, 0.05) is 42.4 Å². The highest BCUT2D eigenvalue weighted by molar-refractivity contribution is 7.94. The molecule has 30 heavy (non-hydrogen) atoms. The van der Waals surface area contributed by atoms with Crippen molar-refractivity contribution >= 4 is 15.7 Å². The first kappa shape index (κ1) is 20.1. The molecule has 0 saturated heterocycles. The lowest BCUT2D eigenvalue weighted by atomic mass is 10.1. The van der Waals surface area contributed by atoms with Gasteiger partial charge in [0.05, 0.1) is 18.2 Å². The van der Waals surface area contributed by atoms with E-state index in [9.17, 15) is 13.2 Å². The summed E-state index contributed by atoms with van der Waals surface area (Å²) in [6, 6.07) is 13.1. The van der Waals surface area contributed by atoms with Gasteiger partial charge in [-0.2, -0.15) is 0 Å². The molecule has 4 rings (SSSR count). The normalized spacial score (nSPS) is 17.2. The maximum absolute atomic E-state index is 13.1. The summed E-state index contributed by atoms with van der Waals surface area (Å²) >= 11 is 0. The van der Waals surface area contributed by atoms with E-state index in [-0.39, 0.29) is 18.1 Å². The zero-order valence-electron chi connectivity index (χ0n) is 16.7. The van der Waals surface area contributed by atoms with Crippen LogP contribution in [0.25, 0.3) is 5.69 Å². The number of hydrogen-bond acceptors (Lipinski definition) is 4. The van der Waals surface area contributed by atoms with Gasteiger partial charge in [-0.05, 0) is 60.0 Å². The van der Waals surface area contributed by atoms with Gasteiger partial charge in [0.25, 0.3) is 0 Å². The lowest BCUT2D eigenvalue weighted by molar-refractivity contribution is -0.132. The van der Waals surface area contributed by atoms with Crippen LogP contribution in [0.3, 0.4) is 0 Å². The maximum atomic E-state index is 13.1. The van der Waals surface area contributed by atoms with Crippen molar-refractivity contribution in [2.45, 2.75) is 25.9 Å². The first-order chi connectivity index (χ1) is 14.4. The molecular weight excluding hydrogens is 398 g/mol. The summed E-state index contributed by atoms with van der Waals surface area (Å²) in [4.78, 5) is 18.8. The molecule has 1 amide bonds. The van der Waals surface area contributed by atoms with Gasteiger partial charge in [-0.3, -0.25) is 9.78 Å². The molecule has 7 heteroatoms. The predicted octanol–water partition coefficient (Wildman–Crippen LogP) is 3.06. The van der Waals surface area contributed by atoms with Crippen LogP contribution in [0.2, 0.25) is 0 Å². The van der Waals surface area contributed by atoms with Gasteiger partial charge in [0.15, 0.2) is 9.84 Å². The van der Waals surface area contributed by atoms with Crippen LogP contribution < -0.4 is 0 Å². The maximum Gasteiger partial charge on any atom is 0.227 e. The molecule has 1 aliphatic heterocycles. The van der Waals surface area contributed by atoms with Gasteiger partial charge in [-0.25, -0.2) is 8.42 Å². The second-order valence-corrected chi connectivity index (χ2v) is 9.47. The molecule has 1 unspecified atom stereocenters. The minimum Gasteiger partial charge on any atom is -0.331 e. The molecule has 0 fully saturated rings. The third-order valence-corrected chi connectivity index (χ3v) is 6.54. The van der Waals surface area contributed by atoms with E-state index in [0.717, 1.165) is 16.8 Å². The highest BCUT2D eigenvalue weighted by Crippen LogP contribution is 2.20. The Morgan fingerprint density at radius 3 is 2.43 bits per heavy atom. The van der Waals surface area contributed by atoms with Gasteiger partial charge in [0.2, 0.25) is 5.91 Å². The van der Waals surface area contributed by atoms with Crippen LogP contribution in [-0.4, -0.2) is 40.6 Å². The number of aromatic nitrogens is 2. The molecule has 0 spiro atoms. The van der Waals surface area contributed by atoms with E-state index in [2.05, 4.69) is 4.98 Å². The summed E-state index contributed by atoms with van der Waals surface area (Å²) < 4.78 is 25.9. The Hall–Kier alpha value is -3.19. The molecule has 0 bridgehead atoms. The van der Waals surface area contributed by atoms with E-state index in [0.29, 0.717) is 6.54 Å². The standard InChI is InChI=1S/C23H23N3O3S/c1-18-8-12-25(15-18)21-4-2-19(3-5-21)14-23(27)26(16-20-6-10-24-11-7-20)22-9-13-30(28,29)17-22/h2-13,15,22H,14,16-17H2,1H3. The Morgan fingerprint density at radius 2 is 1.83 bits per heavy atom. The van der Waals surface area contributed by atoms with Crippen LogP contribution >= 0.6 is 0 Å². The third kappa shape index (κ3) is 4.68. The van der Waals surface area contributed by atoms with Crippen molar-refractivity contribution in [2.75, 3.05) is 5.75 Å². The van der Waals surface area contributed by atoms with Gasteiger partial charge in [-0.1, -0.05) is 12.1 Å². The number of benzene rings is 1. The van der Waals surface area contributed by atoms with Crippen LogP contribution in [0, 0.1) is 6.92 Å². The van der Waals surface area contributed by atoms with E-state index in [1.165, 1.54) is 11.0 Å². The fraction of sp³-hybridized carbons (Fsp3) is 0.217. The molecule has 0 radical (unpaired) electrons. The molecule has 3 aromatic rings. The van der Waals surface area contributed by atoms with Crippen molar-refractivity contribution in [1.82, 2.24) is 14.5 Å². The molecule has 1 aromatic carbocycles. The third-order valence-electron chi connectivity index (χ3n) is 5.16. The summed E-state index contributed by atoms with van der Waals surface area (Å²) in [5, 5.41) is 1.21. The Bertz CT molecular complexity index is 1170. The summed E-state index contributed by atoms with van der Waals surface area (Å²) in [6.45, 7) is 2.38. The van der Waals surface area contributed by atoms with Crippen LogP contribution in [0.1, 0.15) is 16.7 Å². The van der Waals surface area contributed by atoms with Crippen molar-refractivity contribution < 1.29 is 13.2 Å². The molecule has 0 aliphatic carbocycles. The minimum absolute atomic E-state index is 0.0737. The molecule has 1 aliphatic rings. The highest BCUT2D eigenvalue weighted by Gasteiger charge is 2.30. The number of carbonyl (C=O) groups excluding carboxylic acids is 1. The average Bonchev–Trinajstić information content (AvgIpc) is 3.32. The Labute approximate surface area is 176 Å². The number of sulfone groups is 1. The van der Waals surface area contributed by atoms with E-state index in [1.54, 1.807) is 23.4 Å². The summed E-state index contributed by atoms with van der Waals surface area (Å²) in [5.74, 6) is -0.182. The van der Waals surface area contributed by atoms with Gasteiger partial charge in [0.1, 0.15) is 0 Å². The minimum atomic E-state index is -3.26. The van der Waals surface area contributed by atoms with Crippen molar-refractivity contribution in [1.29, 1.82) is 0 Å². The first-order valence-corrected chi connectivity index (χ1v) is 11.4. The van der Waals surface area contributed by atoms with E-state index in [4.69, 9.17) is 0 Å². The molecule has 1 atom stereocenters. The Morgan fingerprint density at radius 1 is 1.10 bits per heavy atom. The molecule has 6 nitrogen and oxygen atoms in total. The van der Waals surface area contributed by atoms with Crippen molar-refractivity contribution in [2.24, 2.45) is 0 Å². The number of rotatable bonds is 6. The monoisotopic (exact) mass is 421 g/mol. The Balaban J connectivity index is 1.52. The Kier molecular flexibility index (Phi) is 5.55. The fourth-order valence-electron chi connectivity index (χ4n) is 3.55. The zero-order valence-corrected chi connectivity index (χ0v) is 17.5. The van der Waals surface area contributed by atoms with Crippen LogP contribution in [0.15, 0.2) is 78.7 Å². The largest absolute Gasteiger partial charge is 0.331 e. The number of carbonyl (C=O) groups is 1. The van der Waals surface area contributed by atoms with Gasteiger partial charge >= 0.3 is 0 Å². The molecule has 154 valence electrons. The van der Waals surface area contributed by atoms with Crippen LogP contribution in [0.5, 0.6) is 0 Å². The summed E-state index contributed by atoms with van der Waals surface area (Å²) in [5.41, 5.74) is 4.00. The second-order valence-electron chi connectivity index (χ2n) is 7.54. The number of pyridine rings is 1. The molecule has 2 aromatic heterocycles. The number of aryl methyl sites for hydroxylation is 1. The SMILES string of the molecule is Cc1ccn(-c2ccc(CC(=O)N(Cc3ccncc3)C3C=CS(=O)(=O)C3)cc2)c1. The van der Waals surface area contributed by atoms with Crippen LogP contribution in [-0.2, 0) is 27.6 Å². The van der Waals surface area contributed by atoms with Gasteiger partial charge in [-0.15, -0.1) is 0 Å². The van der Waals surface area contributed by atoms with Crippen molar-refractivity contribution in [3.05, 3.63) is 95.4 Å². The molecule has 0 N–H and O–H groups in total.